The van der Waals surface area contributed by atoms with E-state index in [4.69, 9.17) is 9.47 Å². The Bertz CT molecular complexity index is 885. The first-order valence-corrected chi connectivity index (χ1v) is 9.00. The molecule has 1 saturated heterocycles. The van der Waals surface area contributed by atoms with Crippen LogP contribution in [0, 0.1) is 6.92 Å². The molecule has 8 heteroatoms. The summed E-state index contributed by atoms with van der Waals surface area (Å²) in [5.41, 5.74) is 1.07. The van der Waals surface area contributed by atoms with E-state index in [1.54, 1.807) is 7.11 Å². The van der Waals surface area contributed by atoms with E-state index in [9.17, 15) is 5.11 Å². The lowest BCUT2D eigenvalue weighted by molar-refractivity contribution is 0.0241. The number of morpholine rings is 1. The van der Waals surface area contributed by atoms with Crippen molar-refractivity contribution in [2.75, 3.05) is 33.4 Å². The fourth-order valence-corrected chi connectivity index (χ4v) is 4.36. The summed E-state index contributed by atoms with van der Waals surface area (Å²) in [5, 5.41) is 15.1. The minimum atomic E-state index is -0.0900. The Morgan fingerprint density at radius 3 is 2.84 bits per heavy atom. The van der Waals surface area contributed by atoms with Crippen LogP contribution in [0.1, 0.15) is 22.3 Å². The van der Waals surface area contributed by atoms with Crippen LogP contribution in [0.3, 0.4) is 0 Å². The molecule has 0 bridgehead atoms. The summed E-state index contributed by atoms with van der Waals surface area (Å²) in [6, 6.07) is 7.88. The van der Waals surface area contributed by atoms with E-state index in [-0.39, 0.29) is 11.9 Å². The number of thiazole rings is 1. The zero-order chi connectivity index (χ0) is 17.4. The fourth-order valence-electron chi connectivity index (χ4n) is 3.20. The molecule has 0 amide bonds. The van der Waals surface area contributed by atoms with E-state index < -0.39 is 0 Å². The smallest absolute Gasteiger partial charge is 0.230 e. The maximum absolute atomic E-state index is 10.8. The van der Waals surface area contributed by atoms with Crippen molar-refractivity contribution in [2.24, 2.45) is 0 Å². The number of nitrogens with zero attached hydrogens (tertiary/aromatic N) is 4. The Hall–Kier alpha value is -2.16. The summed E-state index contributed by atoms with van der Waals surface area (Å²) >= 11 is 1.47. The molecule has 0 aliphatic carbocycles. The van der Waals surface area contributed by atoms with E-state index in [0.29, 0.717) is 24.0 Å². The molecule has 1 atom stereocenters. The molecule has 3 heterocycles. The largest absolute Gasteiger partial charge is 0.497 e. The van der Waals surface area contributed by atoms with Crippen molar-refractivity contribution in [1.29, 1.82) is 0 Å². The average Bonchev–Trinajstić information content (AvgIpc) is 3.14. The lowest BCUT2D eigenvalue weighted by Crippen LogP contribution is -2.39. The number of hydrogen-bond acceptors (Lipinski definition) is 7. The predicted octanol–water partition coefficient (Wildman–Crippen LogP) is 2.24. The van der Waals surface area contributed by atoms with Gasteiger partial charge in [0.25, 0.3) is 0 Å². The van der Waals surface area contributed by atoms with Gasteiger partial charge in [-0.05, 0) is 24.6 Å². The van der Waals surface area contributed by atoms with Crippen LogP contribution in [0.25, 0.3) is 4.96 Å². The molecule has 2 aromatic heterocycles. The van der Waals surface area contributed by atoms with Crippen LogP contribution in [0.5, 0.6) is 11.6 Å². The third kappa shape index (κ3) is 2.97. The molecular weight excluding hydrogens is 340 g/mol. The van der Waals surface area contributed by atoms with Crippen LogP contribution in [0.15, 0.2) is 24.3 Å². The maximum Gasteiger partial charge on any atom is 0.230 e. The van der Waals surface area contributed by atoms with Gasteiger partial charge < -0.3 is 14.6 Å². The van der Waals surface area contributed by atoms with E-state index >= 15 is 0 Å². The standard InChI is InChI=1S/C17H20N4O3S/c1-11-18-17-21(19-11)16(22)15(25-17)14(20-6-8-24-9-7-20)12-4-3-5-13(10-12)23-2/h3-5,10,14,22H,6-9H2,1-2H3. The number of aromatic nitrogens is 3. The van der Waals surface area contributed by atoms with Crippen LogP contribution in [0.2, 0.25) is 0 Å². The Kier molecular flexibility index (Phi) is 4.32. The van der Waals surface area contributed by atoms with Crippen LogP contribution in [0.4, 0.5) is 0 Å². The Balaban J connectivity index is 1.83. The zero-order valence-electron chi connectivity index (χ0n) is 14.2. The monoisotopic (exact) mass is 360 g/mol. The SMILES string of the molecule is COc1cccc(C(c2sc3nc(C)nn3c2O)N2CCOCC2)c1. The molecule has 1 aliphatic heterocycles. The first kappa shape index (κ1) is 16.3. The summed E-state index contributed by atoms with van der Waals surface area (Å²) in [6.45, 7) is 4.78. The second kappa shape index (κ2) is 6.62. The quantitative estimate of drug-likeness (QED) is 0.769. The van der Waals surface area contributed by atoms with Crippen molar-refractivity contribution in [2.45, 2.75) is 13.0 Å². The second-order valence-electron chi connectivity index (χ2n) is 5.97. The first-order valence-electron chi connectivity index (χ1n) is 8.18. The molecule has 132 valence electrons. The topological polar surface area (TPSA) is 72.1 Å². The van der Waals surface area contributed by atoms with Gasteiger partial charge in [0.15, 0.2) is 0 Å². The third-order valence-electron chi connectivity index (χ3n) is 4.37. The predicted molar refractivity (Wildman–Crippen MR) is 94.5 cm³/mol. The molecule has 25 heavy (non-hydrogen) atoms. The van der Waals surface area contributed by atoms with E-state index in [0.717, 1.165) is 29.3 Å². The van der Waals surface area contributed by atoms with Gasteiger partial charge in [0.1, 0.15) is 11.6 Å². The molecule has 1 unspecified atom stereocenters. The molecule has 1 aromatic carbocycles. The number of aryl methyl sites for hydroxylation is 1. The summed E-state index contributed by atoms with van der Waals surface area (Å²) in [7, 11) is 1.66. The van der Waals surface area contributed by atoms with Crippen LogP contribution < -0.4 is 4.74 Å². The van der Waals surface area contributed by atoms with Gasteiger partial charge in [0.2, 0.25) is 10.8 Å². The van der Waals surface area contributed by atoms with Crippen molar-refractivity contribution in [3.05, 3.63) is 40.5 Å². The Morgan fingerprint density at radius 2 is 2.12 bits per heavy atom. The highest BCUT2D eigenvalue weighted by molar-refractivity contribution is 7.17. The minimum Gasteiger partial charge on any atom is -0.497 e. The minimum absolute atomic E-state index is 0.0900. The van der Waals surface area contributed by atoms with Gasteiger partial charge in [0, 0.05) is 13.1 Å². The van der Waals surface area contributed by atoms with Gasteiger partial charge >= 0.3 is 0 Å². The van der Waals surface area contributed by atoms with Gasteiger partial charge in [-0.2, -0.15) is 4.52 Å². The van der Waals surface area contributed by atoms with Gasteiger partial charge in [0.05, 0.1) is 31.2 Å². The molecule has 4 rings (SSSR count). The third-order valence-corrected chi connectivity index (χ3v) is 5.45. The maximum atomic E-state index is 10.8. The number of benzene rings is 1. The number of aromatic hydroxyl groups is 1. The molecule has 1 fully saturated rings. The number of rotatable bonds is 4. The van der Waals surface area contributed by atoms with Crippen molar-refractivity contribution in [3.63, 3.8) is 0 Å². The zero-order valence-corrected chi connectivity index (χ0v) is 15.0. The van der Waals surface area contributed by atoms with Crippen molar-refractivity contribution < 1.29 is 14.6 Å². The van der Waals surface area contributed by atoms with Crippen molar-refractivity contribution >= 4 is 16.3 Å². The molecule has 7 nitrogen and oxygen atoms in total. The number of fused-ring (bicyclic) bond motifs is 1. The van der Waals surface area contributed by atoms with Crippen LogP contribution >= 0.6 is 11.3 Å². The Morgan fingerprint density at radius 1 is 1.32 bits per heavy atom. The summed E-state index contributed by atoms with van der Waals surface area (Å²) in [6.07, 6.45) is 0. The normalized spacial score (nSPS) is 17.0. The van der Waals surface area contributed by atoms with Gasteiger partial charge in [-0.25, -0.2) is 4.98 Å². The van der Waals surface area contributed by atoms with Crippen LogP contribution in [-0.2, 0) is 4.74 Å². The molecule has 3 aromatic rings. The first-order chi connectivity index (χ1) is 12.2. The van der Waals surface area contributed by atoms with E-state index in [1.807, 2.05) is 25.1 Å². The highest BCUT2D eigenvalue weighted by Crippen LogP contribution is 2.40. The van der Waals surface area contributed by atoms with E-state index in [2.05, 4.69) is 21.0 Å². The molecule has 1 aliphatic rings. The van der Waals surface area contributed by atoms with Gasteiger partial charge in [-0.1, -0.05) is 23.5 Å². The van der Waals surface area contributed by atoms with Gasteiger partial charge in [-0.3, -0.25) is 4.90 Å². The van der Waals surface area contributed by atoms with Crippen molar-refractivity contribution in [1.82, 2.24) is 19.5 Å². The summed E-state index contributed by atoms with van der Waals surface area (Å²) < 4.78 is 12.4. The molecular formula is C17H20N4O3S. The second-order valence-corrected chi connectivity index (χ2v) is 6.98. The number of ether oxygens (including phenoxy) is 2. The van der Waals surface area contributed by atoms with Crippen molar-refractivity contribution in [3.8, 4) is 11.6 Å². The molecule has 0 radical (unpaired) electrons. The van der Waals surface area contributed by atoms with E-state index in [1.165, 1.54) is 15.9 Å². The average molecular weight is 360 g/mol. The highest BCUT2D eigenvalue weighted by atomic mass is 32.1. The lowest BCUT2D eigenvalue weighted by atomic mass is 10.0. The fraction of sp³-hybridized carbons (Fsp3) is 0.412. The molecule has 0 saturated carbocycles. The van der Waals surface area contributed by atoms with Gasteiger partial charge in [-0.15, -0.1) is 5.10 Å². The number of hydrogen-bond donors (Lipinski definition) is 1. The molecule has 1 N–H and O–H groups in total. The number of methoxy groups -OCH3 is 1. The summed E-state index contributed by atoms with van der Waals surface area (Å²) in [4.78, 5) is 8.25. The Labute approximate surface area is 149 Å². The highest BCUT2D eigenvalue weighted by Gasteiger charge is 2.30. The van der Waals surface area contributed by atoms with Crippen LogP contribution in [-0.4, -0.2) is 58.0 Å². The lowest BCUT2D eigenvalue weighted by Gasteiger charge is -2.34. The summed E-state index contributed by atoms with van der Waals surface area (Å²) in [5.74, 6) is 1.60. The molecule has 0 spiro atoms.